The number of nitrogens with two attached hydrogens (primary N) is 1. The van der Waals surface area contributed by atoms with Gasteiger partial charge in [0.2, 0.25) is 15.9 Å². The van der Waals surface area contributed by atoms with Crippen molar-refractivity contribution in [2.45, 2.75) is 23.5 Å². The Morgan fingerprint density at radius 2 is 1.86 bits per heavy atom. The van der Waals surface area contributed by atoms with E-state index in [1.165, 1.54) is 42.1 Å². The van der Waals surface area contributed by atoms with Gasteiger partial charge in [-0.15, -0.1) is 10.2 Å². The highest BCUT2D eigenvalue weighted by Crippen LogP contribution is 2.26. The Morgan fingerprint density at radius 1 is 1.17 bits per heavy atom. The van der Waals surface area contributed by atoms with Crippen LogP contribution >= 0.6 is 11.8 Å². The lowest BCUT2D eigenvalue weighted by molar-refractivity contribution is -0.113. The maximum atomic E-state index is 14.1. The third-order valence-corrected chi connectivity index (χ3v) is 5.84. The lowest BCUT2D eigenvalue weighted by Crippen LogP contribution is -2.15. The van der Waals surface area contributed by atoms with Crippen LogP contribution in [0.2, 0.25) is 0 Å². The minimum atomic E-state index is -3.79. The number of primary sulfonamides is 1. The van der Waals surface area contributed by atoms with Gasteiger partial charge in [0, 0.05) is 12.2 Å². The molecule has 1 heterocycles. The van der Waals surface area contributed by atoms with E-state index >= 15 is 0 Å². The van der Waals surface area contributed by atoms with Crippen molar-refractivity contribution in [1.82, 2.24) is 14.8 Å². The highest BCUT2D eigenvalue weighted by Gasteiger charge is 2.17. The predicted molar refractivity (Wildman–Crippen MR) is 108 cm³/mol. The topological polar surface area (TPSA) is 120 Å². The fraction of sp³-hybridized carbons (Fsp3) is 0.167. The van der Waals surface area contributed by atoms with Gasteiger partial charge in [-0.2, -0.15) is 0 Å². The number of amides is 1. The van der Waals surface area contributed by atoms with Gasteiger partial charge in [-0.25, -0.2) is 17.9 Å². The van der Waals surface area contributed by atoms with E-state index in [2.05, 4.69) is 15.5 Å². The summed E-state index contributed by atoms with van der Waals surface area (Å²) in [6.45, 7) is 2.39. The minimum Gasteiger partial charge on any atom is -0.325 e. The zero-order chi connectivity index (χ0) is 21.0. The molecule has 0 atom stereocenters. The van der Waals surface area contributed by atoms with E-state index < -0.39 is 15.8 Å². The maximum absolute atomic E-state index is 14.1. The Balaban J connectivity index is 1.67. The van der Waals surface area contributed by atoms with Crippen molar-refractivity contribution in [2.24, 2.45) is 5.14 Å². The molecule has 0 spiro atoms. The van der Waals surface area contributed by atoms with Crippen molar-refractivity contribution < 1.29 is 17.6 Å². The highest BCUT2D eigenvalue weighted by molar-refractivity contribution is 7.99. The van der Waals surface area contributed by atoms with Gasteiger partial charge < -0.3 is 9.88 Å². The molecule has 1 amide bonds. The summed E-state index contributed by atoms with van der Waals surface area (Å²) in [6.07, 6.45) is 0. The highest BCUT2D eigenvalue weighted by atomic mass is 32.2. The molecule has 1 aromatic heterocycles. The fourth-order valence-electron chi connectivity index (χ4n) is 2.58. The van der Waals surface area contributed by atoms with Crippen LogP contribution in [0.15, 0.2) is 58.6 Å². The summed E-state index contributed by atoms with van der Waals surface area (Å²) in [5, 5.41) is 16.3. The summed E-state index contributed by atoms with van der Waals surface area (Å²) in [6, 6.07) is 11.8. The normalized spacial score (nSPS) is 11.4. The minimum absolute atomic E-state index is 0.0402. The van der Waals surface area contributed by atoms with Crippen molar-refractivity contribution in [2.75, 3.05) is 11.1 Å². The molecule has 0 unspecified atom stereocenters. The number of nitrogens with one attached hydrogen (secondary N) is 1. The van der Waals surface area contributed by atoms with Crippen LogP contribution in [0.25, 0.3) is 11.4 Å². The van der Waals surface area contributed by atoms with Crippen molar-refractivity contribution in [1.29, 1.82) is 0 Å². The largest absolute Gasteiger partial charge is 0.325 e. The number of aromatic nitrogens is 3. The zero-order valence-corrected chi connectivity index (χ0v) is 17.0. The lowest BCUT2D eigenvalue weighted by Gasteiger charge is -2.08. The molecule has 0 radical (unpaired) electrons. The number of hydrogen-bond donors (Lipinski definition) is 2. The van der Waals surface area contributed by atoms with Crippen molar-refractivity contribution >= 4 is 33.4 Å². The third kappa shape index (κ3) is 5.00. The first-order chi connectivity index (χ1) is 13.8. The molecule has 0 fully saturated rings. The van der Waals surface area contributed by atoms with Crippen LogP contribution in [-0.2, 0) is 21.4 Å². The summed E-state index contributed by atoms with van der Waals surface area (Å²) in [7, 11) is -3.79. The van der Waals surface area contributed by atoms with Crippen LogP contribution in [0, 0.1) is 5.82 Å². The molecule has 152 valence electrons. The molecule has 3 rings (SSSR count). The van der Waals surface area contributed by atoms with E-state index in [1.54, 1.807) is 22.8 Å². The summed E-state index contributed by atoms with van der Waals surface area (Å²) < 4.78 is 38.3. The van der Waals surface area contributed by atoms with Crippen molar-refractivity contribution in [3.63, 3.8) is 0 Å². The summed E-state index contributed by atoms with van der Waals surface area (Å²) in [5.41, 5.74) is 0.778. The average molecular weight is 436 g/mol. The van der Waals surface area contributed by atoms with E-state index in [-0.39, 0.29) is 16.6 Å². The van der Waals surface area contributed by atoms with Gasteiger partial charge in [0.1, 0.15) is 5.82 Å². The predicted octanol–water partition coefficient (Wildman–Crippen LogP) is 2.48. The zero-order valence-electron chi connectivity index (χ0n) is 15.4. The molecule has 0 saturated heterocycles. The molecule has 0 aliphatic carbocycles. The number of carbonyl (C=O) groups excluding carboxylic acids is 1. The van der Waals surface area contributed by atoms with Gasteiger partial charge >= 0.3 is 0 Å². The lowest BCUT2D eigenvalue weighted by atomic mass is 10.2. The standard InChI is InChI=1S/C18H18FN5O3S2/c1-2-24-17(14-5-3-4-6-15(14)19)22-23-18(24)28-11-16(25)21-12-7-9-13(10-8-12)29(20,26)27/h3-10H,2,11H2,1H3,(H,21,25)(H2,20,26,27). The number of rotatable bonds is 7. The molecule has 29 heavy (non-hydrogen) atoms. The Hall–Kier alpha value is -2.76. The second-order valence-electron chi connectivity index (χ2n) is 5.94. The maximum Gasteiger partial charge on any atom is 0.238 e. The van der Waals surface area contributed by atoms with E-state index in [0.29, 0.717) is 28.8 Å². The van der Waals surface area contributed by atoms with Gasteiger partial charge in [0.15, 0.2) is 11.0 Å². The number of halogens is 1. The first-order valence-corrected chi connectivity index (χ1v) is 11.1. The van der Waals surface area contributed by atoms with Crippen LogP contribution < -0.4 is 10.5 Å². The average Bonchev–Trinajstić information content (AvgIpc) is 3.09. The molecule has 8 nitrogen and oxygen atoms in total. The smallest absolute Gasteiger partial charge is 0.238 e. The number of benzene rings is 2. The number of anilines is 1. The second-order valence-corrected chi connectivity index (χ2v) is 8.44. The quantitative estimate of drug-likeness (QED) is 0.550. The number of carbonyl (C=O) groups is 1. The van der Waals surface area contributed by atoms with Crippen molar-refractivity contribution in [3.8, 4) is 11.4 Å². The first kappa shape index (κ1) is 21.0. The third-order valence-electron chi connectivity index (χ3n) is 3.95. The van der Waals surface area contributed by atoms with Crippen LogP contribution in [0.1, 0.15) is 6.92 Å². The van der Waals surface area contributed by atoms with Gasteiger partial charge in [-0.1, -0.05) is 23.9 Å². The number of sulfonamides is 1. The van der Waals surface area contributed by atoms with E-state index in [0.717, 1.165) is 0 Å². The monoisotopic (exact) mass is 435 g/mol. The van der Waals surface area contributed by atoms with Crippen LogP contribution in [0.3, 0.4) is 0 Å². The van der Waals surface area contributed by atoms with Gasteiger partial charge in [0.25, 0.3) is 0 Å². The molecule has 3 N–H and O–H groups in total. The molecule has 2 aromatic carbocycles. The molecular weight excluding hydrogens is 417 g/mol. The number of nitrogens with zero attached hydrogens (tertiary/aromatic N) is 3. The molecule has 11 heteroatoms. The summed E-state index contributed by atoms with van der Waals surface area (Å²) >= 11 is 1.17. The fourth-order valence-corrected chi connectivity index (χ4v) is 3.90. The molecule has 0 aliphatic heterocycles. The van der Waals surface area contributed by atoms with E-state index in [4.69, 9.17) is 5.14 Å². The molecule has 0 saturated carbocycles. The van der Waals surface area contributed by atoms with Crippen LogP contribution in [-0.4, -0.2) is 34.8 Å². The SMILES string of the molecule is CCn1c(SCC(=O)Nc2ccc(S(N)(=O)=O)cc2)nnc1-c1ccccc1F. The molecule has 0 bridgehead atoms. The van der Waals surface area contributed by atoms with Gasteiger partial charge in [0.05, 0.1) is 16.2 Å². The molecule has 3 aromatic rings. The number of hydrogen-bond acceptors (Lipinski definition) is 6. The van der Waals surface area contributed by atoms with Crippen molar-refractivity contribution in [3.05, 3.63) is 54.3 Å². The molecule has 0 aliphatic rings. The summed E-state index contributed by atoms with van der Waals surface area (Å²) in [5.74, 6) is -0.262. The Morgan fingerprint density at radius 3 is 2.48 bits per heavy atom. The van der Waals surface area contributed by atoms with Crippen LogP contribution in [0.5, 0.6) is 0 Å². The second kappa shape index (κ2) is 8.72. The summed E-state index contributed by atoms with van der Waals surface area (Å²) in [4.78, 5) is 12.2. The molecular formula is C18H18FN5O3S2. The van der Waals surface area contributed by atoms with E-state index in [1.807, 2.05) is 6.92 Å². The van der Waals surface area contributed by atoms with Crippen LogP contribution in [0.4, 0.5) is 10.1 Å². The Bertz CT molecular complexity index is 1130. The first-order valence-electron chi connectivity index (χ1n) is 8.53. The number of thioether (sulfide) groups is 1. The Kier molecular flexibility index (Phi) is 6.30. The Labute approximate surface area is 171 Å². The van der Waals surface area contributed by atoms with E-state index in [9.17, 15) is 17.6 Å². The van der Waals surface area contributed by atoms with Gasteiger partial charge in [-0.3, -0.25) is 4.79 Å². The van der Waals surface area contributed by atoms with Gasteiger partial charge in [-0.05, 0) is 43.3 Å².